The molecule has 0 spiro atoms. The van der Waals surface area contributed by atoms with Crippen LogP contribution in [0.25, 0.3) is 11.0 Å². The summed E-state index contributed by atoms with van der Waals surface area (Å²) in [4.78, 5) is 38.6. The molecule has 7 nitrogen and oxygen atoms in total. The Kier molecular flexibility index (Phi) is 4.11. The third-order valence-corrected chi connectivity index (χ3v) is 4.49. The lowest BCUT2D eigenvalue weighted by Gasteiger charge is -2.23. The minimum Gasteiger partial charge on any atom is -0.422 e. The monoisotopic (exact) mass is 329 g/mol. The number of likely N-dealkylation sites (tertiary alicyclic amines) is 1. The molecule has 0 aliphatic carbocycles. The maximum Gasteiger partial charge on any atom is 0.347 e. The summed E-state index contributed by atoms with van der Waals surface area (Å²) in [7, 11) is 0. The molecule has 2 aromatic rings. The fraction of sp³-hybridized carbons (Fsp3) is 0.353. The smallest absolute Gasteiger partial charge is 0.347 e. The normalized spacial score (nSPS) is 17.4. The number of nitrogens with two attached hydrogens (primary N) is 2. The first-order valence-electron chi connectivity index (χ1n) is 7.80. The highest BCUT2D eigenvalue weighted by Crippen LogP contribution is 2.26. The molecule has 1 amide bonds. The van der Waals surface area contributed by atoms with E-state index in [-0.39, 0.29) is 23.8 Å². The lowest BCUT2D eigenvalue weighted by molar-refractivity contribution is -0.129. The van der Waals surface area contributed by atoms with Crippen molar-refractivity contribution in [3.8, 4) is 0 Å². The number of hydrogen-bond acceptors (Lipinski definition) is 6. The second-order valence-electron chi connectivity index (χ2n) is 5.96. The van der Waals surface area contributed by atoms with Crippen molar-refractivity contribution in [3.05, 3.63) is 39.7 Å². The number of rotatable bonds is 3. The molecule has 4 N–H and O–H groups in total. The van der Waals surface area contributed by atoms with Gasteiger partial charge in [-0.05, 0) is 37.5 Å². The number of fused-ring (bicyclic) bond motifs is 1. The molecule has 1 aliphatic rings. The number of aryl methyl sites for hydroxylation is 1. The molecule has 1 aromatic carbocycles. The maximum atomic E-state index is 12.9. The minimum absolute atomic E-state index is 0.00556. The fourth-order valence-electron chi connectivity index (χ4n) is 3.28. The van der Waals surface area contributed by atoms with Crippen molar-refractivity contribution in [2.45, 2.75) is 25.8 Å². The summed E-state index contributed by atoms with van der Waals surface area (Å²) in [5.41, 5.74) is 11.8. The Bertz CT molecular complexity index is 887. The van der Waals surface area contributed by atoms with Gasteiger partial charge in [0.1, 0.15) is 11.1 Å². The summed E-state index contributed by atoms with van der Waals surface area (Å²) < 4.78 is 5.27. The number of carbonyl (C=O) groups is 2. The molecule has 1 aliphatic heterocycles. The van der Waals surface area contributed by atoms with Crippen LogP contribution in [0.2, 0.25) is 0 Å². The largest absolute Gasteiger partial charge is 0.422 e. The molecule has 1 atom stereocenters. The van der Waals surface area contributed by atoms with Crippen LogP contribution in [0, 0.1) is 6.92 Å². The first-order chi connectivity index (χ1) is 11.4. The highest BCUT2D eigenvalue weighted by molar-refractivity contribution is 6.05. The van der Waals surface area contributed by atoms with Gasteiger partial charge in [0.05, 0.1) is 12.6 Å². The Morgan fingerprint density at radius 2 is 2.12 bits per heavy atom. The summed E-state index contributed by atoms with van der Waals surface area (Å²) >= 11 is 0. The summed E-state index contributed by atoms with van der Waals surface area (Å²) in [5, 5.41) is 0.654. The van der Waals surface area contributed by atoms with Crippen LogP contribution in [0.15, 0.2) is 27.4 Å². The fourth-order valence-corrected chi connectivity index (χ4v) is 3.28. The Hall–Kier alpha value is -2.67. The van der Waals surface area contributed by atoms with Gasteiger partial charge in [-0.25, -0.2) is 4.79 Å². The molecule has 0 radical (unpaired) electrons. The summed E-state index contributed by atoms with van der Waals surface area (Å²) in [6.45, 7) is 2.02. The molecule has 1 unspecified atom stereocenters. The lowest BCUT2D eigenvalue weighted by atomic mass is 9.97. The van der Waals surface area contributed by atoms with E-state index in [1.165, 1.54) is 4.90 Å². The zero-order valence-electron chi connectivity index (χ0n) is 13.4. The summed E-state index contributed by atoms with van der Waals surface area (Å²) in [6.07, 6.45) is 1.22. The number of nitrogens with zero attached hydrogens (tertiary/aromatic N) is 1. The lowest BCUT2D eigenvalue weighted by Crippen LogP contribution is -2.44. The quantitative estimate of drug-likeness (QED) is 0.488. The molecule has 0 saturated carbocycles. The summed E-state index contributed by atoms with van der Waals surface area (Å²) in [6, 6.07) is 4.30. The first-order valence-corrected chi connectivity index (χ1v) is 7.80. The van der Waals surface area contributed by atoms with Gasteiger partial charge in [0.2, 0.25) is 5.91 Å². The van der Waals surface area contributed by atoms with E-state index in [2.05, 4.69) is 0 Å². The topological polar surface area (TPSA) is 120 Å². The highest BCUT2D eigenvalue weighted by atomic mass is 16.4. The molecule has 1 fully saturated rings. The number of amides is 1. The van der Waals surface area contributed by atoms with Crippen LogP contribution in [0.5, 0.6) is 0 Å². The van der Waals surface area contributed by atoms with Crippen molar-refractivity contribution in [1.29, 1.82) is 0 Å². The third-order valence-electron chi connectivity index (χ3n) is 4.49. The standard InChI is InChI=1S/C17H19N3O4/c1-9-11-5-4-10(19)7-13(11)24-17(23)15(9)16(22)12-3-2-6-20(12)14(21)8-18/h4-5,7,12H,2-3,6,8,18-19H2,1H3. The van der Waals surface area contributed by atoms with Crippen molar-refractivity contribution in [2.24, 2.45) is 5.73 Å². The zero-order valence-corrected chi connectivity index (χ0v) is 13.4. The number of ketones is 1. The van der Waals surface area contributed by atoms with E-state index >= 15 is 0 Å². The van der Waals surface area contributed by atoms with E-state index in [1.54, 1.807) is 25.1 Å². The van der Waals surface area contributed by atoms with E-state index in [4.69, 9.17) is 15.9 Å². The van der Waals surface area contributed by atoms with E-state index < -0.39 is 11.7 Å². The van der Waals surface area contributed by atoms with Gasteiger partial charge in [-0.15, -0.1) is 0 Å². The number of nitrogen functional groups attached to an aromatic ring is 1. The predicted octanol–water partition coefficient (Wildman–Crippen LogP) is 0.816. The van der Waals surface area contributed by atoms with Gasteiger partial charge in [-0.1, -0.05) is 0 Å². The van der Waals surface area contributed by atoms with Gasteiger partial charge in [0, 0.05) is 23.7 Å². The highest BCUT2D eigenvalue weighted by Gasteiger charge is 2.36. The predicted molar refractivity (Wildman–Crippen MR) is 89.8 cm³/mol. The molecule has 7 heteroatoms. The Morgan fingerprint density at radius 3 is 2.83 bits per heavy atom. The zero-order chi connectivity index (χ0) is 17.4. The number of Topliss-reactive ketones (excluding diaryl/α,β-unsaturated/α-hetero) is 1. The molecule has 2 heterocycles. The number of anilines is 1. The van der Waals surface area contributed by atoms with E-state index in [1.807, 2.05) is 0 Å². The molecule has 1 aromatic heterocycles. The molecule has 1 saturated heterocycles. The molecule has 24 heavy (non-hydrogen) atoms. The van der Waals surface area contributed by atoms with Gasteiger partial charge in [0.15, 0.2) is 5.78 Å². The Labute approximate surface area is 138 Å². The van der Waals surface area contributed by atoms with Crippen LogP contribution < -0.4 is 17.1 Å². The summed E-state index contributed by atoms with van der Waals surface area (Å²) in [5.74, 6) is -0.680. The minimum atomic E-state index is -0.706. The number of carbonyl (C=O) groups excluding carboxylic acids is 2. The van der Waals surface area contributed by atoms with Crippen LogP contribution in [0.1, 0.15) is 28.8 Å². The second kappa shape index (κ2) is 6.09. The maximum absolute atomic E-state index is 12.9. The third kappa shape index (κ3) is 2.56. The van der Waals surface area contributed by atoms with Crippen LogP contribution >= 0.6 is 0 Å². The van der Waals surface area contributed by atoms with Crippen LogP contribution in [0.3, 0.4) is 0 Å². The average molecular weight is 329 g/mol. The molecule has 0 bridgehead atoms. The average Bonchev–Trinajstić information content (AvgIpc) is 3.03. The molecular formula is C17H19N3O4. The van der Waals surface area contributed by atoms with Gasteiger partial charge in [-0.2, -0.15) is 0 Å². The van der Waals surface area contributed by atoms with Crippen LogP contribution in [0.4, 0.5) is 5.69 Å². The Balaban J connectivity index is 2.09. The van der Waals surface area contributed by atoms with Gasteiger partial charge < -0.3 is 20.8 Å². The van der Waals surface area contributed by atoms with Crippen LogP contribution in [-0.4, -0.2) is 35.7 Å². The van der Waals surface area contributed by atoms with E-state index in [9.17, 15) is 14.4 Å². The van der Waals surface area contributed by atoms with Crippen molar-refractivity contribution >= 4 is 28.3 Å². The van der Waals surface area contributed by atoms with Gasteiger partial charge in [-0.3, -0.25) is 9.59 Å². The van der Waals surface area contributed by atoms with Gasteiger partial charge in [0.25, 0.3) is 0 Å². The van der Waals surface area contributed by atoms with E-state index in [0.717, 1.165) is 0 Å². The van der Waals surface area contributed by atoms with Crippen molar-refractivity contribution < 1.29 is 14.0 Å². The van der Waals surface area contributed by atoms with Crippen LogP contribution in [-0.2, 0) is 4.79 Å². The second-order valence-corrected chi connectivity index (χ2v) is 5.96. The Morgan fingerprint density at radius 1 is 1.38 bits per heavy atom. The number of benzene rings is 1. The molecule has 3 rings (SSSR count). The van der Waals surface area contributed by atoms with E-state index in [0.29, 0.717) is 41.6 Å². The van der Waals surface area contributed by atoms with Gasteiger partial charge >= 0.3 is 5.63 Å². The van der Waals surface area contributed by atoms with Crippen molar-refractivity contribution in [1.82, 2.24) is 4.90 Å². The first kappa shape index (κ1) is 16.2. The number of hydrogen-bond donors (Lipinski definition) is 2. The van der Waals surface area contributed by atoms with Crippen molar-refractivity contribution in [2.75, 3.05) is 18.8 Å². The van der Waals surface area contributed by atoms with Crippen molar-refractivity contribution in [3.63, 3.8) is 0 Å². The molecular weight excluding hydrogens is 310 g/mol. The SMILES string of the molecule is Cc1c(C(=O)C2CCCN2C(=O)CN)c(=O)oc2cc(N)ccc12. The molecule has 126 valence electrons.